The van der Waals surface area contributed by atoms with Gasteiger partial charge in [0.05, 0.1) is 7.11 Å². The van der Waals surface area contributed by atoms with Crippen molar-refractivity contribution in [2.75, 3.05) is 20.2 Å². The van der Waals surface area contributed by atoms with Crippen molar-refractivity contribution in [1.29, 1.82) is 0 Å². The minimum atomic E-state index is -1.04. The molecule has 0 fully saturated rings. The third kappa shape index (κ3) is 12.1. The molecule has 2 rings (SSSR count). The molecule has 2 aromatic rings. The Hall–Kier alpha value is -3.88. The molecule has 236 valence electrons. The molecule has 0 saturated heterocycles. The van der Waals surface area contributed by atoms with E-state index in [2.05, 4.69) is 17.6 Å². The molecule has 2 atom stereocenters. The first-order valence-electron chi connectivity index (χ1n) is 15.1. The summed E-state index contributed by atoms with van der Waals surface area (Å²) >= 11 is 0. The number of carbonyl (C=O) groups excluding carboxylic acids is 4. The van der Waals surface area contributed by atoms with E-state index in [1.54, 1.807) is 20.8 Å². The van der Waals surface area contributed by atoms with Crippen LogP contribution >= 0.6 is 0 Å². The molecular weight excluding hydrogens is 546 g/mol. The van der Waals surface area contributed by atoms with Crippen LogP contribution in [0.2, 0.25) is 0 Å². The van der Waals surface area contributed by atoms with Gasteiger partial charge in [-0.05, 0) is 63.3 Å². The van der Waals surface area contributed by atoms with Gasteiger partial charge in [-0.3, -0.25) is 14.4 Å². The molecule has 0 aliphatic rings. The van der Waals surface area contributed by atoms with E-state index in [0.717, 1.165) is 42.4 Å². The van der Waals surface area contributed by atoms with Crippen molar-refractivity contribution in [3.8, 4) is 0 Å². The van der Waals surface area contributed by atoms with Crippen LogP contribution in [0.3, 0.4) is 0 Å². The average Bonchev–Trinajstić information content (AvgIpc) is 2.95. The molecule has 9 heteroatoms. The highest BCUT2D eigenvalue weighted by Crippen LogP contribution is 2.26. The molecule has 0 aliphatic heterocycles. The van der Waals surface area contributed by atoms with Crippen molar-refractivity contribution in [3.05, 3.63) is 70.8 Å². The van der Waals surface area contributed by atoms with Gasteiger partial charge in [0.15, 0.2) is 0 Å². The molecular formula is C34H49N3O6. The molecule has 0 bridgehead atoms. The van der Waals surface area contributed by atoms with Gasteiger partial charge in [-0.25, -0.2) is 4.79 Å². The van der Waals surface area contributed by atoms with Crippen molar-refractivity contribution in [1.82, 2.24) is 15.5 Å². The first-order valence-corrected chi connectivity index (χ1v) is 15.1. The molecule has 0 heterocycles. The number of aryl methyl sites for hydroxylation is 2. The van der Waals surface area contributed by atoms with Crippen LogP contribution in [0.4, 0.5) is 4.79 Å². The van der Waals surface area contributed by atoms with E-state index in [0.29, 0.717) is 12.0 Å². The van der Waals surface area contributed by atoms with Gasteiger partial charge in [-0.15, -0.1) is 0 Å². The Labute approximate surface area is 256 Å². The lowest BCUT2D eigenvalue weighted by Gasteiger charge is -2.35. The van der Waals surface area contributed by atoms with Crippen LogP contribution in [0.1, 0.15) is 88.1 Å². The maximum atomic E-state index is 14.5. The summed E-state index contributed by atoms with van der Waals surface area (Å²) in [6, 6.07) is 13.0. The smallest absolute Gasteiger partial charge is 0.408 e. The zero-order valence-corrected chi connectivity index (χ0v) is 26.8. The number of methoxy groups -OCH3 is 1. The maximum Gasteiger partial charge on any atom is 0.408 e. The summed E-state index contributed by atoms with van der Waals surface area (Å²) in [5.41, 5.74) is 2.70. The standard InChI is InChI=1S/C34H49N3O6/c1-8-9-10-11-15-20-37(30(31(39)35-23-29(38)42-7)27-19-18-24(2)25(3)21-27)32(40)28(22-26-16-13-12-14-17-26)36-33(41)43-34(4,5)6/h12-14,16-19,21,28,30H,8-11,15,20,22-23H2,1-7H3,(H,35,39)(H,36,41). The molecule has 0 aliphatic carbocycles. The highest BCUT2D eigenvalue weighted by Gasteiger charge is 2.36. The number of amides is 3. The minimum absolute atomic E-state index is 0.203. The second-order valence-corrected chi connectivity index (χ2v) is 11.9. The Kier molecular flexibility index (Phi) is 14.2. The summed E-state index contributed by atoms with van der Waals surface area (Å²) in [6.45, 7) is 11.3. The zero-order valence-electron chi connectivity index (χ0n) is 26.8. The van der Waals surface area contributed by atoms with Gasteiger partial charge >= 0.3 is 12.1 Å². The van der Waals surface area contributed by atoms with E-state index in [9.17, 15) is 19.2 Å². The fourth-order valence-electron chi connectivity index (χ4n) is 4.69. The molecule has 9 nitrogen and oxygen atoms in total. The molecule has 43 heavy (non-hydrogen) atoms. The first kappa shape index (κ1) is 35.3. The predicted octanol–water partition coefficient (Wildman–Crippen LogP) is 5.57. The number of hydrogen-bond acceptors (Lipinski definition) is 6. The van der Waals surface area contributed by atoms with Crippen LogP contribution in [-0.2, 0) is 30.3 Å². The number of alkyl carbamates (subject to hydrolysis) is 1. The largest absolute Gasteiger partial charge is 0.468 e. The summed E-state index contributed by atoms with van der Waals surface area (Å²) in [6.07, 6.45) is 4.18. The Bertz CT molecular complexity index is 1210. The Balaban J connectivity index is 2.57. The van der Waals surface area contributed by atoms with Gasteiger partial charge in [-0.1, -0.05) is 81.1 Å². The Morgan fingerprint density at radius 2 is 1.58 bits per heavy atom. The lowest BCUT2D eigenvalue weighted by atomic mass is 9.97. The minimum Gasteiger partial charge on any atom is -0.468 e. The predicted molar refractivity (Wildman–Crippen MR) is 167 cm³/mol. The Morgan fingerprint density at radius 3 is 2.19 bits per heavy atom. The van der Waals surface area contributed by atoms with E-state index >= 15 is 0 Å². The number of ether oxygens (including phenoxy) is 2. The van der Waals surface area contributed by atoms with Crippen molar-refractivity contribution in [3.63, 3.8) is 0 Å². The van der Waals surface area contributed by atoms with Crippen LogP contribution in [-0.4, -0.2) is 60.6 Å². The van der Waals surface area contributed by atoms with Gasteiger partial charge in [0.2, 0.25) is 11.8 Å². The summed E-state index contributed by atoms with van der Waals surface area (Å²) in [7, 11) is 1.25. The normalized spacial score (nSPS) is 12.5. The summed E-state index contributed by atoms with van der Waals surface area (Å²) < 4.78 is 10.2. The summed E-state index contributed by atoms with van der Waals surface area (Å²) in [4.78, 5) is 54.7. The fraction of sp³-hybridized carbons (Fsp3) is 0.529. The molecule has 0 saturated carbocycles. The molecule has 0 spiro atoms. The van der Waals surface area contributed by atoms with Crippen molar-refractivity contribution in [2.45, 2.75) is 97.8 Å². The average molecular weight is 596 g/mol. The highest BCUT2D eigenvalue weighted by atomic mass is 16.6. The van der Waals surface area contributed by atoms with Crippen molar-refractivity contribution < 1.29 is 28.7 Å². The Morgan fingerprint density at radius 1 is 0.907 bits per heavy atom. The van der Waals surface area contributed by atoms with Crippen LogP contribution in [0.15, 0.2) is 48.5 Å². The van der Waals surface area contributed by atoms with Gasteiger partial charge in [-0.2, -0.15) is 0 Å². The topological polar surface area (TPSA) is 114 Å². The van der Waals surface area contributed by atoms with Crippen molar-refractivity contribution in [2.24, 2.45) is 0 Å². The quantitative estimate of drug-likeness (QED) is 0.206. The van der Waals surface area contributed by atoms with Crippen LogP contribution in [0.25, 0.3) is 0 Å². The number of hydrogen-bond donors (Lipinski definition) is 2. The number of esters is 1. The second-order valence-electron chi connectivity index (χ2n) is 11.9. The molecule has 3 amide bonds. The third-order valence-electron chi connectivity index (χ3n) is 7.10. The number of benzene rings is 2. The number of carbonyl (C=O) groups is 4. The molecule has 0 radical (unpaired) electrons. The number of nitrogens with one attached hydrogen (secondary N) is 2. The zero-order chi connectivity index (χ0) is 32.0. The molecule has 2 unspecified atom stereocenters. The molecule has 2 N–H and O–H groups in total. The van der Waals surface area contributed by atoms with Gasteiger partial charge in [0, 0.05) is 13.0 Å². The lowest BCUT2D eigenvalue weighted by Crippen LogP contribution is -2.54. The van der Waals surface area contributed by atoms with Gasteiger partial charge in [0.25, 0.3) is 0 Å². The van der Waals surface area contributed by atoms with Crippen LogP contribution < -0.4 is 10.6 Å². The third-order valence-corrected chi connectivity index (χ3v) is 7.10. The first-order chi connectivity index (χ1) is 20.4. The lowest BCUT2D eigenvalue weighted by molar-refractivity contribution is -0.144. The van der Waals surface area contributed by atoms with E-state index in [-0.39, 0.29) is 19.5 Å². The number of nitrogens with zero attached hydrogens (tertiary/aromatic N) is 1. The van der Waals surface area contributed by atoms with E-state index in [1.807, 2.05) is 62.4 Å². The monoisotopic (exact) mass is 595 g/mol. The maximum absolute atomic E-state index is 14.5. The van der Waals surface area contributed by atoms with E-state index in [1.165, 1.54) is 12.0 Å². The highest BCUT2D eigenvalue weighted by molar-refractivity contribution is 5.93. The molecule has 0 aromatic heterocycles. The van der Waals surface area contributed by atoms with Gasteiger partial charge < -0.3 is 25.0 Å². The number of unbranched alkanes of at least 4 members (excludes halogenated alkanes) is 4. The van der Waals surface area contributed by atoms with E-state index in [4.69, 9.17) is 9.47 Å². The summed E-state index contributed by atoms with van der Waals surface area (Å²) in [5, 5.41) is 5.43. The fourth-order valence-corrected chi connectivity index (χ4v) is 4.69. The summed E-state index contributed by atoms with van der Waals surface area (Å²) in [5.74, 6) is -1.52. The van der Waals surface area contributed by atoms with Crippen LogP contribution in [0, 0.1) is 13.8 Å². The van der Waals surface area contributed by atoms with Crippen LogP contribution in [0.5, 0.6) is 0 Å². The second kappa shape index (κ2) is 17.3. The van der Waals surface area contributed by atoms with Gasteiger partial charge in [0.1, 0.15) is 24.2 Å². The number of rotatable bonds is 15. The molecule has 2 aromatic carbocycles. The van der Waals surface area contributed by atoms with Crippen molar-refractivity contribution >= 4 is 23.9 Å². The van der Waals surface area contributed by atoms with E-state index < -0.39 is 41.6 Å². The SMILES string of the molecule is CCCCCCCN(C(=O)C(Cc1ccccc1)NC(=O)OC(C)(C)C)C(C(=O)NCC(=O)OC)c1ccc(C)c(C)c1.